The molecule has 9 heteroatoms. The van der Waals surface area contributed by atoms with Crippen molar-refractivity contribution in [1.82, 2.24) is 4.90 Å². The third kappa shape index (κ3) is 5.63. The molecule has 0 fully saturated rings. The zero-order chi connectivity index (χ0) is 27.6. The van der Waals surface area contributed by atoms with E-state index in [1.165, 1.54) is 0 Å². The predicted molar refractivity (Wildman–Crippen MR) is 152 cm³/mol. The van der Waals surface area contributed by atoms with E-state index in [9.17, 15) is 10.1 Å². The largest absolute Gasteiger partial charge is 0.493 e. The maximum Gasteiger partial charge on any atom is 0.162 e. The van der Waals surface area contributed by atoms with Gasteiger partial charge in [0.15, 0.2) is 17.3 Å². The molecule has 0 aromatic heterocycles. The van der Waals surface area contributed by atoms with Crippen LogP contribution in [0.2, 0.25) is 0 Å². The van der Waals surface area contributed by atoms with Crippen molar-refractivity contribution in [1.29, 1.82) is 5.26 Å². The number of methoxy groups -OCH3 is 2. The van der Waals surface area contributed by atoms with Gasteiger partial charge >= 0.3 is 0 Å². The number of hydrogen-bond donors (Lipinski definition) is 1. The van der Waals surface area contributed by atoms with Gasteiger partial charge in [-0.3, -0.25) is 4.79 Å². The highest BCUT2D eigenvalue weighted by atomic mass is 79.9. The van der Waals surface area contributed by atoms with Gasteiger partial charge in [0.1, 0.15) is 12.4 Å². The highest BCUT2D eigenvalue weighted by Crippen LogP contribution is 2.51. The van der Waals surface area contributed by atoms with Gasteiger partial charge < -0.3 is 24.8 Å². The summed E-state index contributed by atoms with van der Waals surface area (Å²) in [5.41, 5.74) is 9.92. The van der Waals surface area contributed by atoms with Gasteiger partial charge in [-0.2, -0.15) is 5.26 Å². The molecule has 0 amide bonds. The number of ether oxygens (including phenoxy) is 3. The van der Waals surface area contributed by atoms with Crippen LogP contribution >= 0.6 is 31.9 Å². The lowest BCUT2D eigenvalue weighted by Gasteiger charge is -2.44. The molecular formula is C29H31Br2N3O4. The first-order valence-corrected chi connectivity index (χ1v) is 13.9. The van der Waals surface area contributed by atoms with Crippen molar-refractivity contribution in [3.8, 4) is 17.6 Å². The monoisotopic (exact) mass is 643 g/mol. The van der Waals surface area contributed by atoms with Gasteiger partial charge in [0.25, 0.3) is 0 Å². The molecular weight excluding hydrogens is 614 g/mol. The Labute approximate surface area is 240 Å². The average Bonchev–Trinajstić information content (AvgIpc) is 2.87. The molecule has 1 atom stereocenters. The first kappa shape index (κ1) is 28.2. The molecule has 7 nitrogen and oxygen atoms in total. The summed E-state index contributed by atoms with van der Waals surface area (Å²) >= 11 is 7.14. The molecule has 0 bridgehead atoms. The molecule has 0 saturated heterocycles. The number of rotatable bonds is 8. The Morgan fingerprint density at radius 1 is 1.13 bits per heavy atom. The van der Waals surface area contributed by atoms with Crippen molar-refractivity contribution < 1.29 is 19.0 Å². The number of carbonyl (C=O) groups excluding carboxylic acids is 1. The molecule has 0 unspecified atom stereocenters. The van der Waals surface area contributed by atoms with E-state index in [0.717, 1.165) is 21.3 Å². The van der Waals surface area contributed by atoms with Crippen LogP contribution in [0, 0.1) is 16.7 Å². The van der Waals surface area contributed by atoms with E-state index in [1.807, 2.05) is 41.3 Å². The van der Waals surface area contributed by atoms with E-state index in [4.69, 9.17) is 19.9 Å². The van der Waals surface area contributed by atoms with Gasteiger partial charge in [-0.15, -0.1) is 0 Å². The van der Waals surface area contributed by atoms with Crippen LogP contribution in [0.15, 0.2) is 68.0 Å². The third-order valence-electron chi connectivity index (χ3n) is 6.91. The summed E-state index contributed by atoms with van der Waals surface area (Å²) in [6, 6.07) is 13.8. The fraction of sp³-hybridized carbons (Fsp3) is 0.379. The number of halogens is 2. The summed E-state index contributed by atoms with van der Waals surface area (Å²) in [6.07, 6.45) is 1.05. The number of benzene rings is 2. The molecule has 1 aliphatic heterocycles. The van der Waals surface area contributed by atoms with Crippen LogP contribution in [0.1, 0.15) is 43.7 Å². The van der Waals surface area contributed by atoms with E-state index in [0.29, 0.717) is 65.5 Å². The summed E-state index contributed by atoms with van der Waals surface area (Å²) in [5, 5.41) is 10.3. The molecule has 2 aromatic carbocycles. The summed E-state index contributed by atoms with van der Waals surface area (Å²) in [4.78, 5) is 15.6. The molecule has 4 rings (SSSR count). The molecule has 1 heterocycles. The summed E-state index contributed by atoms with van der Waals surface area (Å²) in [5.74, 6) is 0.792. The van der Waals surface area contributed by atoms with Crippen molar-refractivity contribution in [3.05, 3.63) is 79.1 Å². The van der Waals surface area contributed by atoms with Crippen molar-refractivity contribution in [3.63, 3.8) is 0 Å². The van der Waals surface area contributed by atoms with Crippen LogP contribution in [-0.2, 0) is 16.1 Å². The van der Waals surface area contributed by atoms with Crippen LogP contribution < -0.4 is 15.2 Å². The van der Waals surface area contributed by atoms with Crippen molar-refractivity contribution >= 4 is 37.6 Å². The average molecular weight is 645 g/mol. The molecule has 0 saturated carbocycles. The number of nitrogens with two attached hydrogens (primary N) is 1. The number of Topliss-reactive ketones (excluding diaryl/α,β-unsaturated/α-hetero) is 1. The maximum atomic E-state index is 13.7. The predicted octanol–water partition coefficient (Wildman–Crippen LogP) is 6.18. The molecule has 38 heavy (non-hydrogen) atoms. The second kappa shape index (κ2) is 11.5. The van der Waals surface area contributed by atoms with Gasteiger partial charge in [0.2, 0.25) is 0 Å². The van der Waals surface area contributed by atoms with E-state index in [-0.39, 0.29) is 11.2 Å². The van der Waals surface area contributed by atoms with Gasteiger partial charge in [-0.05, 0) is 47.2 Å². The molecule has 2 aromatic rings. The highest BCUT2D eigenvalue weighted by Gasteiger charge is 2.44. The second-order valence-corrected chi connectivity index (χ2v) is 12.0. The first-order chi connectivity index (χ1) is 18.1. The maximum absolute atomic E-state index is 13.7. The summed E-state index contributed by atoms with van der Waals surface area (Å²) < 4.78 is 18.8. The van der Waals surface area contributed by atoms with Gasteiger partial charge in [-0.25, -0.2) is 0 Å². The minimum atomic E-state index is -0.624. The van der Waals surface area contributed by atoms with Crippen LogP contribution in [0.5, 0.6) is 11.5 Å². The van der Waals surface area contributed by atoms with E-state index in [2.05, 4.69) is 51.8 Å². The number of allylic oxidation sites excluding steroid dienone is 3. The summed E-state index contributed by atoms with van der Waals surface area (Å²) in [6.45, 7) is 5.38. The Balaban J connectivity index is 1.80. The molecule has 0 radical (unpaired) electrons. The normalized spacial score (nSPS) is 18.8. The Morgan fingerprint density at radius 2 is 1.84 bits per heavy atom. The fourth-order valence-corrected chi connectivity index (χ4v) is 5.93. The standard InChI is InChI=1S/C29H31Br2N3O4/c1-29(2)13-22-27(23(35)14-29)26(20(15-32)28(33)34(22)9-10-36-3)19-11-24(37-4)25(12-21(19)31)38-16-17-5-7-18(30)8-6-17/h5-8,11-12,26H,9-10,13-14,16,33H2,1-4H3/t26-/m0/s1. The fourth-order valence-electron chi connectivity index (χ4n) is 5.11. The Morgan fingerprint density at radius 3 is 2.47 bits per heavy atom. The Hall–Kier alpha value is -2.80. The number of nitriles is 1. The van der Waals surface area contributed by atoms with Crippen molar-refractivity contribution in [2.24, 2.45) is 11.1 Å². The van der Waals surface area contributed by atoms with E-state index in [1.54, 1.807) is 14.2 Å². The second-order valence-electron chi connectivity index (χ2n) is 10.2. The van der Waals surface area contributed by atoms with Crippen molar-refractivity contribution in [2.45, 2.75) is 39.2 Å². The zero-order valence-corrected chi connectivity index (χ0v) is 25.1. The van der Waals surface area contributed by atoms with E-state index >= 15 is 0 Å². The lowest BCUT2D eigenvalue weighted by atomic mass is 9.68. The molecule has 200 valence electrons. The third-order valence-corrected chi connectivity index (χ3v) is 8.12. The van der Waals surface area contributed by atoms with Gasteiger partial charge in [0, 0.05) is 40.3 Å². The number of carbonyl (C=O) groups is 1. The summed E-state index contributed by atoms with van der Waals surface area (Å²) in [7, 11) is 3.19. The zero-order valence-electron chi connectivity index (χ0n) is 21.9. The Bertz CT molecular complexity index is 1340. The lowest BCUT2D eigenvalue weighted by Crippen LogP contribution is -2.43. The lowest BCUT2D eigenvalue weighted by molar-refractivity contribution is -0.118. The number of ketones is 1. The molecule has 2 aliphatic rings. The topological polar surface area (TPSA) is 97.8 Å². The minimum Gasteiger partial charge on any atom is -0.493 e. The van der Waals surface area contributed by atoms with Crippen LogP contribution in [-0.4, -0.2) is 38.1 Å². The highest BCUT2D eigenvalue weighted by molar-refractivity contribution is 9.10. The number of hydrogen-bond acceptors (Lipinski definition) is 7. The van der Waals surface area contributed by atoms with Crippen LogP contribution in [0.4, 0.5) is 0 Å². The van der Waals surface area contributed by atoms with E-state index < -0.39 is 5.92 Å². The van der Waals surface area contributed by atoms with Gasteiger partial charge in [0.05, 0.1) is 31.3 Å². The quantitative estimate of drug-likeness (QED) is 0.366. The van der Waals surface area contributed by atoms with Crippen molar-refractivity contribution in [2.75, 3.05) is 27.4 Å². The van der Waals surface area contributed by atoms with Crippen LogP contribution in [0.3, 0.4) is 0 Å². The van der Waals surface area contributed by atoms with Crippen LogP contribution in [0.25, 0.3) is 0 Å². The van der Waals surface area contributed by atoms with Gasteiger partial charge in [-0.1, -0.05) is 57.8 Å². The molecule has 2 N–H and O–H groups in total. The first-order valence-electron chi connectivity index (χ1n) is 12.3. The molecule has 0 spiro atoms. The SMILES string of the molecule is COCCN1C(N)=C(C#N)[C@H](c2cc(OC)c(OCc3ccc(Br)cc3)cc2Br)C2=C1CC(C)(C)CC2=O. The number of nitrogens with zero attached hydrogens (tertiary/aromatic N) is 2. The minimum absolute atomic E-state index is 0.0188. The molecule has 1 aliphatic carbocycles. The smallest absolute Gasteiger partial charge is 0.162 e. The Kier molecular flexibility index (Phi) is 8.55.